The van der Waals surface area contributed by atoms with Crippen molar-refractivity contribution in [2.45, 2.75) is 26.9 Å². The zero-order valence-electron chi connectivity index (χ0n) is 21.5. The number of carbonyl (C=O) groups excluding carboxylic acids is 2. The van der Waals surface area contributed by atoms with E-state index < -0.39 is 0 Å². The average Bonchev–Trinajstić information content (AvgIpc) is 2.90. The molecule has 3 aromatic rings. The molecule has 0 saturated heterocycles. The smallest absolute Gasteiger partial charge is 0.257 e. The standard InChI is InChI=1S/C29H31N5O3/c1-19-8-9-21(15-27(19)34(3)4)28(35)33-24-16-26(20(2)31-17-24)29(36)32-22-10-12-25(13-11-22)37-18-23-7-5-6-14-30-23/h5-7,9-17,19H,8,18H2,1-4H3,(H,32,36)(H,33,35). The Hall–Kier alpha value is -4.46. The van der Waals surface area contributed by atoms with E-state index in [1.54, 1.807) is 49.6 Å². The number of aryl methyl sites for hydroxylation is 1. The largest absolute Gasteiger partial charge is 0.487 e. The summed E-state index contributed by atoms with van der Waals surface area (Å²) in [4.78, 5) is 36.5. The van der Waals surface area contributed by atoms with Gasteiger partial charge in [-0.05, 0) is 67.8 Å². The monoisotopic (exact) mass is 497 g/mol. The van der Waals surface area contributed by atoms with Crippen molar-refractivity contribution in [1.82, 2.24) is 14.9 Å². The molecule has 0 radical (unpaired) electrons. The van der Waals surface area contributed by atoms with Crippen LogP contribution in [0.3, 0.4) is 0 Å². The van der Waals surface area contributed by atoms with Crippen molar-refractivity contribution in [1.29, 1.82) is 0 Å². The third kappa shape index (κ3) is 6.61. The number of nitrogens with zero attached hydrogens (tertiary/aromatic N) is 3. The van der Waals surface area contributed by atoms with Crippen LogP contribution < -0.4 is 15.4 Å². The quantitative estimate of drug-likeness (QED) is 0.456. The molecule has 190 valence electrons. The maximum atomic E-state index is 13.0. The normalized spacial score (nSPS) is 14.8. The van der Waals surface area contributed by atoms with Crippen LogP contribution >= 0.6 is 0 Å². The zero-order valence-corrected chi connectivity index (χ0v) is 21.5. The van der Waals surface area contributed by atoms with Crippen molar-refractivity contribution in [3.8, 4) is 5.75 Å². The Morgan fingerprint density at radius 2 is 1.78 bits per heavy atom. The van der Waals surface area contributed by atoms with E-state index >= 15 is 0 Å². The summed E-state index contributed by atoms with van der Waals surface area (Å²) in [5.41, 5.74) is 4.54. The lowest BCUT2D eigenvalue weighted by Gasteiger charge is -2.26. The highest BCUT2D eigenvalue weighted by Crippen LogP contribution is 2.26. The molecule has 0 fully saturated rings. The highest BCUT2D eigenvalue weighted by atomic mass is 16.5. The average molecular weight is 498 g/mol. The molecule has 0 bridgehead atoms. The minimum Gasteiger partial charge on any atom is -0.487 e. The van der Waals surface area contributed by atoms with Crippen LogP contribution in [0.5, 0.6) is 5.75 Å². The van der Waals surface area contributed by atoms with Gasteiger partial charge >= 0.3 is 0 Å². The lowest BCUT2D eigenvalue weighted by Crippen LogP contribution is -2.23. The Bertz CT molecular complexity index is 1330. The molecule has 1 aliphatic rings. The van der Waals surface area contributed by atoms with E-state index in [4.69, 9.17) is 4.74 Å². The van der Waals surface area contributed by atoms with Gasteiger partial charge in [-0.15, -0.1) is 0 Å². The van der Waals surface area contributed by atoms with E-state index in [0.29, 0.717) is 46.5 Å². The second-order valence-electron chi connectivity index (χ2n) is 9.16. The van der Waals surface area contributed by atoms with E-state index in [1.165, 1.54) is 0 Å². The van der Waals surface area contributed by atoms with E-state index in [0.717, 1.165) is 17.8 Å². The van der Waals surface area contributed by atoms with Crippen molar-refractivity contribution >= 4 is 23.2 Å². The summed E-state index contributed by atoms with van der Waals surface area (Å²) >= 11 is 0. The molecule has 2 heterocycles. The summed E-state index contributed by atoms with van der Waals surface area (Å²) in [6.07, 6.45) is 7.91. The number of rotatable bonds is 8. The molecule has 0 aliphatic heterocycles. The molecule has 2 aromatic heterocycles. The number of amides is 2. The maximum absolute atomic E-state index is 13.0. The van der Waals surface area contributed by atoms with Crippen LogP contribution in [0.1, 0.15) is 35.1 Å². The third-order valence-corrected chi connectivity index (χ3v) is 6.09. The first-order valence-corrected chi connectivity index (χ1v) is 12.1. The number of hydrogen-bond acceptors (Lipinski definition) is 6. The van der Waals surface area contributed by atoms with Gasteiger partial charge in [0.15, 0.2) is 0 Å². The molecule has 4 rings (SSSR count). The first-order valence-electron chi connectivity index (χ1n) is 12.1. The van der Waals surface area contributed by atoms with Gasteiger partial charge in [0, 0.05) is 37.2 Å². The van der Waals surface area contributed by atoms with Gasteiger partial charge in [0.25, 0.3) is 11.8 Å². The van der Waals surface area contributed by atoms with E-state index in [1.807, 2.05) is 49.3 Å². The summed E-state index contributed by atoms with van der Waals surface area (Å²) in [7, 11) is 3.95. The Labute approximate surface area is 217 Å². The maximum Gasteiger partial charge on any atom is 0.257 e. The van der Waals surface area contributed by atoms with Gasteiger partial charge < -0.3 is 20.3 Å². The number of benzene rings is 1. The molecule has 8 heteroatoms. The molecule has 1 aliphatic carbocycles. The van der Waals surface area contributed by atoms with Gasteiger partial charge in [0.05, 0.1) is 28.8 Å². The van der Waals surface area contributed by atoms with Gasteiger partial charge in [0.1, 0.15) is 12.4 Å². The van der Waals surface area contributed by atoms with Crippen LogP contribution in [0.2, 0.25) is 0 Å². The first kappa shape index (κ1) is 25.6. The molecular weight excluding hydrogens is 466 g/mol. The lowest BCUT2D eigenvalue weighted by atomic mass is 9.93. The fraction of sp³-hybridized carbons (Fsp3) is 0.241. The summed E-state index contributed by atoms with van der Waals surface area (Å²) in [5.74, 6) is 0.474. The predicted octanol–water partition coefficient (Wildman–Crippen LogP) is 4.97. The summed E-state index contributed by atoms with van der Waals surface area (Å²) in [5, 5.41) is 5.75. The number of nitrogens with one attached hydrogen (secondary N) is 2. The van der Waals surface area contributed by atoms with Crippen molar-refractivity contribution in [2.24, 2.45) is 5.92 Å². The summed E-state index contributed by atoms with van der Waals surface area (Å²) in [6.45, 7) is 4.25. The topological polar surface area (TPSA) is 96.5 Å². The van der Waals surface area contributed by atoms with Gasteiger partial charge in [-0.2, -0.15) is 0 Å². The minimum atomic E-state index is -0.316. The second-order valence-corrected chi connectivity index (χ2v) is 9.16. The number of ether oxygens (including phenoxy) is 1. The van der Waals surface area contributed by atoms with Crippen molar-refractivity contribution in [3.05, 3.63) is 101 Å². The third-order valence-electron chi connectivity index (χ3n) is 6.09. The van der Waals surface area contributed by atoms with Gasteiger partial charge in [-0.3, -0.25) is 19.6 Å². The van der Waals surface area contributed by atoms with E-state index in [-0.39, 0.29) is 11.8 Å². The highest BCUT2D eigenvalue weighted by Gasteiger charge is 2.20. The van der Waals surface area contributed by atoms with Crippen molar-refractivity contribution < 1.29 is 14.3 Å². The molecule has 1 aromatic carbocycles. The number of carbonyl (C=O) groups is 2. The van der Waals surface area contributed by atoms with Crippen LogP contribution in [0, 0.1) is 12.8 Å². The fourth-order valence-electron chi connectivity index (χ4n) is 4.02. The summed E-state index contributed by atoms with van der Waals surface area (Å²) in [6, 6.07) is 14.4. The molecule has 0 saturated carbocycles. The molecule has 37 heavy (non-hydrogen) atoms. The molecule has 1 unspecified atom stereocenters. The molecule has 1 atom stereocenters. The second kappa shape index (κ2) is 11.5. The van der Waals surface area contributed by atoms with Crippen LogP contribution in [0.4, 0.5) is 11.4 Å². The van der Waals surface area contributed by atoms with Crippen molar-refractivity contribution in [2.75, 3.05) is 24.7 Å². The number of hydrogen-bond donors (Lipinski definition) is 2. The molecule has 2 amide bonds. The Morgan fingerprint density at radius 3 is 2.49 bits per heavy atom. The van der Waals surface area contributed by atoms with Crippen LogP contribution in [0.25, 0.3) is 0 Å². The van der Waals surface area contributed by atoms with Gasteiger partial charge in [-0.1, -0.05) is 19.1 Å². The molecule has 0 spiro atoms. The number of pyridine rings is 2. The van der Waals surface area contributed by atoms with Crippen LogP contribution in [0.15, 0.2) is 84.3 Å². The summed E-state index contributed by atoms with van der Waals surface area (Å²) < 4.78 is 5.75. The SMILES string of the molecule is Cc1ncc(NC(=O)C2=CCC(C)C(N(C)C)=C2)cc1C(=O)Nc1ccc(OCc2ccccn2)cc1. The number of allylic oxidation sites excluding steroid dienone is 2. The van der Waals surface area contributed by atoms with E-state index in [9.17, 15) is 9.59 Å². The molecule has 8 nitrogen and oxygen atoms in total. The Kier molecular flexibility index (Phi) is 7.98. The number of anilines is 2. The molecule has 2 N–H and O–H groups in total. The first-order chi connectivity index (χ1) is 17.8. The zero-order chi connectivity index (χ0) is 26.4. The van der Waals surface area contributed by atoms with Gasteiger partial charge in [-0.25, -0.2) is 0 Å². The highest BCUT2D eigenvalue weighted by molar-refractivity contribution is 6.08. The predicted molar refractivity (Wildman–Crippen MR) is 144 cm³/mol. The van der Waals surface area contributed by atoms with E-state index in [2.05, 4.69) is 27.5 Å². The van der Waals surface area contributed by atoms with Crippen LogP contribution in [-0.4, -0.2) is 40.8 Å². The van der Waals surface area contributed by atoms with Crippen LogP contribution in [-0.2, 0) is 11.4 Å². The fourth-order valence-corrected chi connectivity index (χ4v) is 4.02. The van der Waals surface area contributed by atoms with Gasteiger partial charge in [0.2, 0.25) is 0 Å². The molecular formula is C29H31N5O3. The van der Waals surface area contributed by atoms with Crippen molar-refractivity contribution in [3.63, 3.8) is 0 Å². The number of aromatic nitrogens is 2. The Morgan fingerprint density at radius 1 is 1.03 bits per heavy atom. The minimum absolute atomic E-state index is 0.232. The lowest BCUT2D eigenvalue weighted by molar-refractivity contribution is -0.112. The Balaban J connectivity index is 1.39.